The third kappa shape index (κ3) is 4.69. The predicted octanol–water partition coefficient (Wildman–Crippen LogP) is 0.758. The van der Waals surface area contributed by atoms with E-state index in [1.165, 1.54) is 6.20 Å². The monoisotopic (exact) mass is 311 g/mol. The number of nitrogens with zero attached hydrogens (tertiary/aromatic N) is 1. The van der Waals surface area contributed by atoms with Gasteiger partial charge in [-0.15, -0.1) is 0 Å². The maximum absolute atomic E-state index is 12.1. The quantitative estimate of drug-likeness (QED) is 0.513. The van der Waals surface area contributed by atoms with E-state index < -0.39 is 10.0 Å². The summed E-state index contributed by atoms with van der Waals surface area (Å²) in [5.41, 5.74) is 1.76. The molecule has 2 heterocycles. The van der Waals surface area contributed by atoms with Crippen LogP contribution in [0.3, 0.4) is 0 Å². The Morgan fingerprint density at radius 1 is 1.24 bits per heavy atom. The van der Waals surface area contributed by atoms with Crippen LogP contribution >= 0.6 is 0 Å². The van der Waals surface area contributed by atoms with Crippen LogP contribution in [-0.4, -0.2) is 36.5 Å². The van der Waals surface area contributed by atoms with Gasteiger partial charge in [-0.05, 0) is 19.0 Å². The van der Waals surface area contributed by atoms with E-state index in [2.05, 4.69) is 31.9 Å². The molecule has 0 amide bonds. The second-order valence-corrected chi connectivity index (χ2v) is 6.53. The van der Waals surface area contributed by atoms with Crippen LogP contribution in [-0.2, 0) is 23.0 Å². The van der Waals surface area contributed by atoms with Crippen LogP contribution < -0.4 is 10.0 Å². The van der Waals surface area contributed by atoms with Crippen molar-refractivity contribution in [1.29, 1.82) is 0 Å². The Kier molecular flexibility index (Phi) is 5.54. The highest BCUT2D eigenvalue weighted by Crippen LogP contribution is 2.10. The summed E-state index contributed by atoms with van der Waals surface area (Å²) in [6.45, 7) is 3.96. The lowest BCUT2D eigenvalue weighted by Crippen LogP contribution is -2.25. The van der Waals surface area contributed by atoms with Crippen molar-refractivity contribution in [3.8, 4) is 0 Å². The summed E-state index contributed by atoms with van der Waals surface area (Å²) in [6, 6.07) is 1.65. The molecule has 4 N–H and O–H groups in total. The molecule has 0 saturated carbocycles. The molecule has 2 aromatic rings. The second kappa shape index (κ2) is 7.39. The van der Waals surface area contributed by atoms with Crippen molar-refractivity contribution in [2.75, 3.05) is 13.1 Å². The molecule has 0 aromatic carbocycles. The van der Waals surface area contributed by atoms with Gasteiger partial charge in [0, 0.05) is 43.3 Å². The average molecular weight is 311 g/mol. The van der Waals surface area contributed by atoms with E-state index in [-0.39, 0.29) is 4.90 Å². The van der Waals surface area contributed by atoms with Gasteiger partial charge in [0.25, 0.3) is 0 Å². The fourth-order valence-electron chi connectivity index (χ4n) is 1.90. The minimum Gasteiger partial charge on any atom is -0.363 e. The summed E-state index contributed by atoms with van der Waals surface area (Å²) < 4.78 is 26.8. The van der Waals surface area contributed by atoms with E-state index in [9.17, 15) is 8.42 Å². The molecule has 7 nitrogen and oxygen atoms in total. The highest BCUT2D eigenvalue weighted by molar-refractivity contribution is 7.89. The molecule has 0 atom stereocenters. The van der Waals surface area contributed by atoms with E-state index in [1.807, 2.05) is 0 Å². The van der Waals surface area contributed by atoms with Crippen LogP contribution in [0.5, 0.6) is 0 Å². The molecule has 21 heavy (non-hydrogen) atoms. The van der Waals surface area contributed by atoms with E-state index in [0.29, 0.717) is 19.5 Å². The van der Waals surface area contributed by atoms with E-state index >= 15 is 0 Å². The Labute approximate surface area is 124 Å². The molecule has 0 fully saturated rings. The van der Waals surface area contributed by atoms with Gasteiger partial charge in [0.05, 0.1) is 11.2 Å². The molecular formula is C13H21N5O2S. The lowest BCUT2D eigenvalue weighted by Gasteiger charge is -2.03. The highest BCUT2D eigenvalue weighted by Gasteiger charge is 2.15. The minimum atomic E-state index is -3.47. The van der Waals surface area contributed by atoms with Crippen molar-refractivity contribution < 1.29 is 8.42 Å². The fourth-order valence-corrected chi connectivity index (χ4v) is 2.95. The number of aromatic amines is 2. The van der Waals surface area contributed by atoms with Crippen LogP contribution in [0.2, 0.25) is 0 Å². The molecule has 0 aliphatic heterocycles. The van der Waals surface area contributed by atoms with Gasteiger partial charge in [0.15, 0.2) is 0 Å². The van der Waals surface area contributed by atoms with Gasteiger partial charge < -0.3 is 15.3 Å². The molecular weight excluding hydrogens is 290 g/mol. The zero-order valence-corrected chi connectivity index (χ0v) is 12.8. The molecule has 0 aliphatic carbocycles. The van der Waals surface area contributed by atoms with Crippen LogP contribution in [0.25, 0.3) is 0 Å². The van der Waals surface area contributed by atoms with Crippen molar-refractivity contribution in [2.45, 2.75) is 31.2 Å². The number of aromatic nitrogens is 3. The molecule has 8 heteroatoms. The van der Waals surface area contributed by atoms with E-state index in [0.717, 1.165) is 24.4 Å². The van der Waals surface area contributed by atoms with E-state index in [1.54, 1.807) is 18.6 Å². The van der Waals surface area contributed by atoms with Gasteiger partial charge in [-0.2, -0.15) is 0 Å². The Hall–Kier alpha value is -1.64. The van der Waals surface area contributed by atoms with Gasteiger partial charge in [0.1, 0.15) is 0 Å². The van der Waals surface area contributed by atoms with Gasteiger partial charge in [0.2, 0.25) is 10.0 Å². The third-order valence-corrected chi connectivity index (χ3v) is 4.45. The van der Waals surface area contributed by atoms with Gasteiger partial charge >= 0.3 is 0 Å². The lowest BCUT2D eigenvalue weighted by atomic mass is 10.3. The third-order valence-electron chi connectivity index (χ3n) is 3.01. The first-order chi connectivity index (χ1) is 10.1. The summed E-state index contributed by atoms with van der Waals surface area (Å²) in [6.07, 6.45) is 6.39. The molecule has 0 unspecified atom stereocenters. The number of H-pyrrole nitrogens is 2. The van der Waals surface area contributed by atoms with Crippen LogP contribution in [0.4, 0.5) is 0 Å². The number of imidazole rings is 1. The molecule has 0 aliphatic rings. The van der Waals surface area contributed by atoms with Crippen molar-refractivity contribution in [3.63, 3.8) is 0 Å². The number of rotatable bonds is 9. The average Bonchev–Trinajstić information content (AvgIpc) is 3.10. The molecule has 0 saturated heterocycles. The molecule has 0 bridgehead atoms. The standard InChI is InChI=1S/C13H21N5O2S/c1-2-4-14-8-12-6-13(9-16-12)21(19,20)18-5-3-11-7-15-10-17-11/h6-7,9-10,14,16,18H,2-5,8H2,1H3,(H,15,17). The first kappa shape index (κ1) is 15.7. The molecule has 2 aromatic heterocycles. The van der Waals surface area contributed by atoms with E-state index in [4.69, 9.17) is 0 Å². The SMILES string of the molecule is CCCNCc1cc(S(=O)(=O)NCCc2cnc[nH]2)c[nH]1. The van der Waals surface area contributed by atoms with Gasteiger partial charge in [-0.25, -0.2) is 18.1 Å². The number of sulfonamides is 1. The Bertz CT molecular complexity index is 633. The Morgan fingerprint density at radius 3 is 2.81 bits per heavy atom. The maximum atomic E-state index is 12.1. The summed E-state index contributed by atoms with van der Waals surface area (Å²) in [5.74, 6) is 0. The van der Waals surface area contributed by atoms with Gasteiger partial charge in [-0.1, -0.05) is 6.92 Å². The first-order valence-electron chi connectivity index (χ1n) is 6.96. The summed E-state index contributed by atoms with van der Waals surface area (Å²) in [7, 11) is -3.47. The summed E-state index contributed by atoms with van der Waals surface area (Å²) in [5, 5.41) is 3.22. The largest absolute Gasteiger partial charge is 0.363 e. The number of nitrogens with one attached hydrogen (secondary N) is 4. The topological polar surface area (TPSA) is 103 Å². The Morgan fingerprint density at radius 2 is 2.10 bits per heavy atom. The van der Waals surface area contributed by atoms with Gasteiger partial charge in [-0.3, -0.25) is 0 Å². The molecule has 2 rings (SSSR count). The van der Waals surface area contributed by atoms with Crippen LogP contribution in [0.15, 0.2) is 29.7 Å². The second-order valence-electron chi connectivity index (χ2n) is 4.76. The first-order valence-corrected chi connectivity index (χ1v) is 8.45. The van der Waals surface area contributed by atoms with Crippen molar-refractivity contribution in [3.05, 3.63) is 36.2 Å². The number of hydrogen-bond donors (Lipinski definition) is 4. The summed E-state index contributed by atoms with van der Waals surface area (Å²) in [4.78, 5) is 10.1. The zero-order chi connectivity index (χ0) is 15.1. The molecule has 116 valence electrons. The highest BCUT2D eigenvalue weighted by atomic mass is 32.2. The van der Waals surface area contributed by atoms with Crippen molar-refractivity contribution in [2.24, 2.45) is 0 Å². The van der Waals surface area contributed by atoms with Crippen molar-refractivity contribution in [1.82, 2.24) is 25.0 Å². The molecule has 0 spiro atoms. The normalized spacial score (nSPS) is 11.9. The van der Waals surface area contributed by atoms with Crippen molar-refractivity contribution >= 4 is 10.0 Å². The zero-order valence-electron chi connectivity index (χ0n) is 12.0. The smallest absolute Gasteiger partial charge is 0.242 e. The molecule has 0 radical (unpaired) electrons. The minimum absolute atomic E-state index is 0.264. The summed E-state index contributed by atoms with van der Waals surface area (Å²) >= 11 is 0. The number of hydrogen-bond acceptors (Lipinski definition) is 4. The van der Waals surface area contributed by atoms with Crippen LogP contribution in [0.1, 0.15) is 24.7 Å². The fraction of sp³-hybridized carbons (Fsp3) is 0.462. The maximum Gasteiger partial charge on any atom is 0.242 e. The Balaban J connectivity index is 1.86. The van der Waals surface area contributed by atoms with Crippen LogP contribution in [0, 0.1) is 0 Å². The predicted molar refractivity (Wildman–Crippen MR) is 80.3 cm³/mol. The lowest BCUT2D eigenvalue weighted by molar-refractivity contribution is 0.581.